The first-order valence-electron chi connectivity index (χ1n) is 6.99. The van der Waals surface area contributed by atoms with Gasteiger partial charge in [0.2, 0.25) is 5.91 Å². The van der Waals surface area contributed by atoms with Crippen LogP contribution >= 0.6 is 24.0 Å². The molecule has 0 radical (unpaired) electrons. The Labute approximate surface area is 137 Å². The molecule has 1 aromatic carbocycles. The summed E-state index contributed by atoms with van der Waals surface area (Å²) in [5, 5.41) is 6.81. The predicted molar refractivity (Wildman–Crippen MR) is 87.3 cm³/mol. The van der Waals surface area contributed by atoms with Crippen molar-refractivity contribution < 1.29 is 9.53 Å². The van der Waals surface area contributed by atoms with Crippen molar-refractivity contribution in [3.8, 4) is 5.75 Å². The topological polar surface area (TPSA) is 50.4 Å². The van der Waals surface area contributed by atoms with Gasteiger partial charge in [0.05, 0.1) is 12.1 Å². The Morgan fingerprint density at radius 1 is 1.52 bits per heavy atom. The van der Waals surface area contributed by atoms with Crippen LogP contribution in [0.15, 0.2) is 18.2 Å². The number of halogens is 2. The molecule has 1 saturated heterocycles. The van der Waals surface area contributed by atoms with Crippen LogP contribution in [0, 0.1) is 5.92 Å². The molecule has 6 heteroatoms. The van der Waals surface area contributed by atoms with E-state index in [-0.39, 0.29) is 18.3 Å². The van der Waals surface area contributed by atoms with Crippen LogP contribution in [-0.2, 0) is 11.3 Å². The van der Waals surface area contributed by atoms with Gasteiger partial charge in [-0.25, -0.2) is 0 Å². The molecule has 1 aliphatic heterocycles. The van der Waals surface area contributed by atoms with Crippen molar-refractivity contribution in [3.63, 3.8) is 0 Å². The summed E-state index contributed by atoms with van der Waals surface area (Å²) in [6.07, 6.45) is 2.74. The number of amides is 1. The number of carbonyl (C=O) groups excluding carboxylic acids is 1. The standard InChI is InChI=1S/C15H21ClN2O2.ClH/c1-20-14-4-2-12(8-13(14)16)10-18-15(19)5-3-11-6-7-17-9-11;/h2,4,8,11,17H,3,5-7,9-10H2,1H3,(H,18,19);1H. The van der Waals surface area contributed by atoms with E-state index in [0.717, 1.165) is 25.1 Å². The fourth-order valence-corrected chi connectivity index (χ4v) is 2.69. The van der Waals surface area contributed by atoms with E-state index in [2.05, 4.69) is 10.6 Å². The van der Waals surface area contributed by atoms with Gasteiger partial charge in [-0.15, -0.1) is 12.4 Å². The molecule has 2 N–H and O–H groups in total. The predicted octanol–water partition coefficient (Wildman–Crippen LogP) is 2.78. The number of nitrogens with one attached hydrogen (secondary N) is 2. The summed E-state index contributed by atoms with van der Waals surface area (Å²) in [4.78, 5) is 11.8. The average Bonchev–Trinajstić information content (AvgIpc) is 2.96. The molecule has 0 saturated carbocycles. The molecule has 1 aromatic rings. The molecule has 1 heterocycles. The molecule has 4 nitrogen and oxygen atoms in total. The van der Waals surface area contributed by atoms with E-state index in [0.29, 0.717) is 29.7 Å². The van der Waals surface area contributed by atoms with Crippen molar-refractivity contribution in [2.24, 2.45) is 5.92 Å². The molecule has 0 spiro atoms. The smallest absolute Gasteiger partial charge is 0.220 e. The van der Waals surface area contributed by atoms with E-state index in [1.54, 1.807) is 7.11 Å². The molecule has 1 unspecified atom stereocenters. The Hall–Kier alpha value is -0.970. The normalized spacial score (nSPS) is 17.1. The van der Waals surface area contributed by atoms with E-state index in [4.69, 9.17) is 16.3 Å². The van der Waals surface area contributed by atoms with Crippen LogP contribution in [0.3, 0.4) is 0 Å². The van der Waals surface area contributed by atoms with Crippen molar-refractivity contribution in [2.45, 2.75) is 25.8 Å². The van der Waals surface area contributed by atoms with Gasteiger partial charge in [-0.2, -0.15) is 0 Å². The number of rotatable bonds is 6. The van der Waals surface area contributed by atoms with E-state index < -0.39 is 0 Å². The molecular formula is C15H22Cl2N2O2. The van der Waals surface area contributed by atoms with Gasteiger partial charge >= 0.3 is 0 Å². The van der Waals surface area contributed by atoms with E-state index in [1.165, 1.54) is 6.42 Å². The molecule has 21 heavy (non-hydrogen) atoms. The number of benzene rings is 1. The lowest BCUT2D eigenvalue weighted by Crippen LogP contribution is -2.23. The summed E-state index contributed by atoms with van der Waals surface area (Å²) in [6.45, 7) is 2.63. The Morgan fingerprint density at radius 2 is 2.33 bits per heavy atom. The lowest BCUT2D eigenvalue weighted by atomic mass is 10.0. The fraction of sp³-hybridized carbons (Fsp3) is 0.533. The number of methoxy groups -OCH3 is 1. The zero-order valence-corrected chi connectivity index (χ0v) is 13.7. The first kappa shape index (κ1) is 18.1. The number of carbonyl (C=O) groups is 1. The van der Waals surface area contributed by atoms with Crippen LogP contribution in [-0.4, -0.2) is 26.1 Å². The van der Waals surface area contributed by atoms with Crippen molar-refractivity contribution in [1.82, 2.24) is 10.6 Å². The molecule has 1 aliphatic rings. The van der Waals surface area contributed by atoms with Gasteiger partial charge in [-0.3, -0.25) is 4.79 Å². The average molecular weight is 333 g/mol. The molecule has 2 rings (SSSR count). The van der Waals surface area contributed by atoms with Crippen LogP contribution in [0.2, 0.25) is 5.02 Å². The Kier molecular flexibility index (Phi) is 7.86. The van der Waals surface area contributed by atoms with Gasteiger partial charge in [0, 0.05) is 13.0 Å². The van der Waals surface area contributed by atoms with Crippen molar-refractivity contribution >= 4 is 29.9 Å². The van der Waals surface area contributed by atoms with Crippen LogP contribution < -0.4 is 15.4 Å². The Balaban J connectivity index is 0.00000220. The number of hydrogen-bond acceptors (Lipinski definition) is 3. The summed E-state index contributed by atoms with van der Waals surface area (Å²) in [7, 11) is 1.58. The largest absolute Gasteiger partial charge is 0.495 e. The zero-order chi connectivity index (χ0) is 14.4. The van der Waals surface area contributed by atoms with Gasteiger partial charge in [0.15, 0.2) is 0 Å². The SMILES string of the molecule is COc1ccc(CNC(=O)CCC2CCNC2)cc1Cl.Cl. The molecule has 1 fully saturated rings. The summed E-state index contributed by atoms with van der Waals surface area (Å²) in [5.74, 6) is 1.40. The van der Waals surface area contributed by atoms with Crippen molar-refractivity contribution in [3.05, 3.63) is 28.8 Å². The second-order valence-corrected chi connectivity index (χ2v) is 5.55. The number of hydrogen-bond donors (Lipinski definition) is 2. The Morgan fingerprint density at radius 3 is 2.95 bits per heavy atom. The highest BCUT2D eigenvalue weighted by molar-refractivity contribution is 6.32. The fourth-order valence-electron chi connectivity index (χ4n) is 2.40. The van der Waals surface area contributed by atoms with Gasteiger partial charge in [-0.1, -0.05) is 17.7 Å². The maximum absolute atomic E-state index is 11.8. The van der Waals surface area contributed by atoms with Gasteiger partial charge < -0.3 is 15.4 Å². The molecular weight excluding hydrogens is 311 g/mol. The molecule has 0 aromatic heterocycles. The van der Waals surface area contributed by atoms with Crippen LogP contribution in [0.1, 0.15) is 24.8 Å². The lowest BCUT2D eigenvalue weighted by Gasteiger charge is -2.10. The maximum atomic E-state index is 11.8. The van der Waals surface area contributed by atoms with E-state index >= 15 is 0 Å². The van der Waals surface area contributed by atoms with E-state index in [9.17, 15) is 4.79 Å². The van der Waals surface area contributed by atoms with Crippen molar-refractivity contribution in [2.75, 3.05) is 20.2 Å². The van der Waals surface area contributed by atoms with E-state index in [1.807, 2.05) is 18.2 Å². The first-order valence-corrected chi connectivity index (χ1v) is 7.36. The molecule has 118 valence electrons. The first-order chi connectivity index (χ1) is 9.69. The summed E-state index contributed by atoms with van der Waals surface area (Å²) >= 11 is 6.05. The van der Waals surface area contributed by atoms with Gasteiger partial charge in [0.25, 0.3) is 0 Å². The molecule has 1 amide bonds. The van der Waals surface area contributed by atoms with Crippen LogP contribution in [0.5, 0.6) is 5.75 Å². The molecule has 1 atom stereocenters. The third kappa shape index (κ3) is 5.73. The van der Waals surface area contributed by atoms with Gasteiger partial charge in [0.1, 0.15) is 5.75 Å². The van der Waals surface area contributed by atoms with Crippen molar-refractivity contribution in [1.29, 1.82) is 0 Å². The third-order valence-electron chi connectivity index (χ3n) is 3.65. The minimum atomic E-state index is 0. The highest BCUT2D eigenvalue weighted by Crippen LogP contribution is 2.24. The minimum absolute atomic E-state index is 0. The third-order valence-corrected chi connectivity index (χ3v) is 3.94. The van der Waals surface area contributed by atoms with Crippen LogP contribution in [0.4, 0.5) is 0 Å². The second kappa shape index (κ2) is 9.13. The molecule has 0 aliphatic carbocycles. The monoisotopic (exact) mass is 332 g/mol. The summed E-state index contributed by atoms with van der Waals surface area (Å²) in [6, 6.07) is 5.54. The highest BCUT2D eigenvalue weighted by Gasteiger charge is 2.15. The van der Waals surface area contributed by atoms with Crippen LogP contribution in [0.25, 0.3) is 0 Å². The lowest BCUT2D eigenvalue weighted by molar-refractivity contribution is -0.121. The quantitative estimate of drug-likeness (QED) is 0.842. The number of ether oxygens (including phenoxy) is 1. The van der Waals surface area contributed by atoms with Gasteiger partial charge in [-0.05, 0) is 49.5 Å². The maximum Gasteiger partial charge on any atom is 0.220 e. The molecule has 0 bridgehead atoms. The highest BCUT2D eigenvalue weighted by atomic mass is 35.5. The minimum Gasteiger partial charge on any atom is -0.495 e. The Bertz CT molecular complexity index is 463. The second-order valence-electron chi connectivity index (χ2n) is 5.14. The summed E-state index contributed by atoms with van der Waals surface area (Å²) in [5.41, 5.74) is 0.978. The zero-order valence-electron chi connectivity index (χ0n) is 12.2. The summed E-state index contributed by atoms with van der Waals surface area (Å²) < 4.78 is 5.10.